The summed E-state index contributed by atoms with van der Waals surface area (Å²) in [5.74, 6) is 0. The standard InChI is InChI=1S/C7H12N2O2S.BrH/c1-5(10)6(11)9-4-3-8(2)7(9)12;/h3-6,10-11H,1-2H3;1H. The van der Waals surface area contributed by atoms with Crippen LogP contribution >= 0.6 is 12.6 Å². The minimum atomic E-state index is -0.932. The molecule has 76 valence electrons. The first-order chi connectivity index (χ1) is 5.54. The molecule has 1 rings (SSSR count). The normalized spacial score (nSPS) is 14.8. The van der Waals surface area contributed by atoms with E-state index in [1.54, 1.807) is 17.0 Å². The second kappa shape index (κ2) is 4.99. The zero-order valence-corrected chi connectivity index (χ0v) is 9.90. The first-order valence-electron chi connectivity index (χ1n) is 3.65. The van der Waals surface area contributed by atoms with Gasteiger partial charge in [0.25, 0.3) is 0 Å². The van der Waals surface area contributed by atoms with Crippen molar-refractivity contribution < 1.29 is 31.8 Å². The minimum Gasteiger partial charge on any atom is -1.00 e. The van der Waals surface area contributed by atoms with Gasteiger partial charge in [0.15, 0.2) is 0 Å². The fraction of sp³-hybridized carbons (Fsp3) is 0.571. The Morgan fingerprint density at radius 2 is 2.08 bits per heavy atom. The van der Waals surface area contributed by atoms with E-state index < -0.39 is 12.3 Å². The summed E-state index contributed by atoms with van der Waals surface area (Å²) < 4.78 is 3.24. The van der Waals surface area contributed by atoms with Gasteiger partial charge in [-0.05, 0) is 6.92 Å². The largest absolute Gasteiger partial charge is 1.00 e. The lowest BCUT2D eigenvalue weighted by molar-refractivity contribution is -0.709. The molecule has 0 bridgehead atoms. The van der Waals surface area contributed by atoms with E-state index in [1.807, 2.05) is 7.05 Å². The van der Waals surface area contributed by atoms with Crippen LogP contribution < -0.4 is 21.5 Å². The van der Waals surface area contributed by atoms with Crippen molar-refractivity contribution in [3.63, 3.8) is 0 Å². The molecule has 1 aromatic heterocycles. The molecule has 0 aliphatic heterocycles. The van der Waals surface area contributed by atoms with Crippen LogP contribution in [0.1, 0.15) is 13.2 Å². The van der Waals surface area contributed by atoms with E-state index in [2.05, 4.69) is 12.6 Å². The predicted octanol–water partition coefficient (Wildman–Crippen LogP) is -3.52. The number of aryl methyl sites for hydroxylation is 1. The SMILES string of the molecule is CC(O)C(O)n1cc[n+](C)c1S.[Br-]. The summed E-state index contributed by atoms with van der Waals surface area (Å²) in [4.78, 5) is 0. The van der Waals surface area contributed by atoms with Crippen LogP contribution in [0.4, 0.5) is 0 Å². The first kappa shape index (κ1) is 13.0. The van der Waals surface area contributed by atoms with Gasteiger partial charge in [-0.2, -0.15) is 4.57 Å². The lowest BCUT2D eigenvalue weighted by Crippen LogP contribution is -3.00. The highest BCUT2D eigenvalue weighted by molar-refractivity contribution is 7.80. The molecule has 0 aliphatic rings. The lowest BCUT2D eigenvalue weighted by Gasteiger charge is -2.10. The van der Waals surface area contributed by atoms with Crippen LogP contribution in [0.5, 0.6) is 0 Å². The van der Waals surface area contributed by atoms with Crippen molar-refractivity contribution in [2.45, 2.75) is 24.4 Å². The number of nitrogens with zero attached hydrogens (tertiary/aromatic N) is 2. The summed E-state index contributed by atoms with van der Waals surface area (Å²) in [5.41, 5.74) is 0. The molecule has 0 radical (unpaired) electrons. The third-order valence-electron chi connectivity index (χ3n) is 1.71. The van der Waals surface area contributed by atoms with Gasteiger partial charge in [0, 0.05) is 0 Å². The molecule has 2 atom stereocenters. The van der Waals surface area contributed by atoms with Crippen molar-refractivity contribution in [3.8, 4) is 0 Å². The van der Waals surface area contributed by atoms with Gasteiger partial charge in [-0.25, -0.2) is 4.57 Å². The van der Waals surface area contributed by atoms with Crippen molar-refractivity contribution in [2.24, 2.45) is 7.05 Å². The average Bonchev–Trinajstić information content (AvgIpc) is 2.32. The van der Waals surface area contributed by atoms with Crippen LogP contribution in [-0.2, 0) is 7.05 Å². The van der Waals surface area contributed by atoms with Gasteiger partial charge in [0.2, 0.25) is 6.23 Å². The second-order valence-electron chi connectivity index (χ2n) is 2.77. The summed E-state index contributed by atoms with van der Waals surface area (Å²) in [6.07, 6.45) is 1.69. The zero-order valence-electron chi connectivity index (χ0n) is 7.42. The quantitative estimate of drug-likeness (QED) is 0.385. The fourth-order valence-electron chi connectivity index (χ4n) is 0.926. The Morgan fingerprint density at radius 3 is 2.38 bits per heavy atom. The number of aliphatic hydroxyl groups is 2. The molecule has 2 unspecified atom stereocenters. The van der Waals surface area contributed by atoms with Crippen molar-refractivity contribution in [3.05, 3.63) is 12.4 Å². The number of thiol groups is 1. The fourth-order valence-corrected chi connectivity index (χ4v) is 1.18. The van der Waals surface area contributed by atoms with E-state index >= 15 is 0 Å². The van der Waals surface area contributed by atoms with Gasteiger partial charge in [-0.3, -0.25) is 0 Å². The summed E-state index contributed by atoms with van der Waals surface area (Å²) in [7, 11) is 1.81. The Kier molecular flexibility index (Phi) is 4.98. The molecular formula is C7H13BrN2O2S. The number of aliphatic hydroxyl groups excluding tert-OH is 2. The van der Waals surface area contributed by atoms with E-state index in [4.69, 9.17) is 5.11 Å². The van der Waals surface area contributed by atoms with E-state index in [9.17, 15) is 5.11 Å². The van der Waals surface area contributed by atoms with Gasteiger partial charge in [-0.1, -0.05) is 12.6 Å². The van der Waals surface area contributed by atoms with Crippen molar-refractivity contribution >= 4 is 12.6 Å². The summed E-state index contributed by atoms with van der Waals surface area (Å²) in [6, 6.07) is 0. The number of hydrogen-bond donors (Lipinski definition) is 3. The molecule has 1 heterocycles. The maximum atomic E-state index is 9.44. The lowest BCUT2D eigenvalue weighted by atomic mass is 10.3. The molecule has 1 aromatic rings. The molecule has 4 nitrogen and oxygen atoms in total. The number of halogens is 1. The summed E-state index contributed by atoms with van der Waals surface area (Å²) in [6.45, 7) is 1.53. The van der Waals surface area contributed by atoms with E-state index in [0.717, 1.165) is 0 Å². The molecule has 0 saturated heterocycles. The van der Waals surface area contributed by atoms with E-state index in [1.165, 1.54) is 11.5 Å². The van der Waals surface area contributed by atoms with Crippen LogP contribution in [-0.4, -0.2) is 20.9 Å². The highest BCUT2D eigenvalue weighted by Gasteiger charge is 2.22. The molecule has 0 spiro atoms. The van der Waals surface area contributed by atoms with Gasteiger partial charge in [-0.15, -0.1) is 0 Å². The Hall–Kier alpha value is -0.0400. The smallest absolute Gasteiger partial charge is 0.316 e. The Morgan fingerprint density at radius 1 is 1.54 bits per heavy atom. The molecule has 0 aliphatic carbocycles. The maximum absolute atomic E-state index is 9.44. The number of aromatic nitrogens is 2. The van der Waals surface area contributed by atoms with Crippen LogP contribution in [0.25, 0.3) is 0 Å². The molecule has 13 heavy (non-hydrogen) atoms. The van der Waals surface area contributed by atoms with Crippen molar-refractivity contribution in [1.82, 2.24) is 4.57 Å². The van der Waals surface area contributed by atoms with E-state index in [0.29, 0.717) is 5.16 Å². The van der Waals surface area contributed by atoms with Crippen molar-refractivity contribution in [2.75, 3.05) is 0 Å². The molecule has 0 fully saturated rings. The van der Waals surface area contributed by atoms with Gasteiger partial charge >= 0.3 is 5.16 Å². The van der Waals surface area contributed by atoms with Crippen LogP contribution in [0, 0.1) is 0 Å². The highest BCUT2D eigenvalue weighted by atomic mass is 79.9. The maximum Gasteiger partial charge on any atom is 0.316 e. The van der Waals surface area contributed by atoms with Gasteiger partial charge in [0.05, 0.1) is 7.05 Å². The van der Waals surface area contributed by atoms with E-state index in [-0.39, 0.29) is 17.0 Å². The van der Waals surface area contributed by atoms with Crippen LogP contribution in [0.2, 0.25) is 0 Å². The molecule has 6 heteroatoms. The highest BCUT2D eigenvalue weighted by Crippen LogP contribution is 2.11. The number of rotatable bonds is 2. The molecule has 0 amide bonds. The number of imidazole rings is 1. The molecular weight excluding hydrogens is 256 g/mol. The van der Waals surface area contributed by atoms with Crippen LogP contribution in [0.15, 0.2) is 17.6 Å². The Labute approximate surface area is 93.0 Å². The zero-order chi connectivity index (χ0) is 9.30. The second-order valence-corrected chi connectivity index (χ2v) is 3.17. The predicted molar refractivity (Wildman–Crippen MR) is 45.8 cm³/mol. The Bertz CT molecular complexity index is 277. The van der Waals surface area contributed by atoms with Gasteiger partial charge < -0.3 is 27.2 Å². The van der Waals surface area contributed by atoms with Crippen molar-refractivity contribution in [1.29, 1.82) is 0 Å². The topological polar surface area (TPSA) is 49.3 Å². The monoisotopic (exact) mass is 268 g/mol. The first-order valence-corrected chi connectivity index (χ1v) is 4.10. The average molecular weight is 269 g/mol. The Balaban J connectivity index is 0.00000144. The summed E-state index contributed by atoms with van der Waals surface area (Å²) >= 11 is 4.15. The molecule has 0 aromatic carbocycles. The summed E-state index contributed by atoms with van der Waals surface area (Å²) in [5, 5.41) is 19.1. The van der Waals surface area contributed by atoms with Gasteiger partial charge in [0.1, 0.15) is 18.5 Å². The molecule has 0 saturated carbocycles. The number of hydrogen-bond acceptors (Lipinski definition) is 3. The minimum absolute atomic E-state index is 0. The molecule has 2 N–H and O–H groups in total. The third-order valence-corrected chi connectivity index (χ3v) is 2.26. The van der Waals surface area contributed by atoms with Crippen LogP contribution in [0.3, 0.4) is 0 Å². The third kappa shape index (κ3) is 2.70.